The largest absolute Gasteiger partial charge is 0.507 e. The van der Waals surface area contributed by atoms with Crippen molar-refractivity contribution in [3.63, 3.8) is 0 Å². The molecule has 0 atom stereocenters. The first-order valence-corrected chi connectivity index (χ1v) is 6.53. The van der Waals surface area contributed by atoms with Crippen molar-refractivity contribution in [1.29, 1.82) is 0 Å². The normalized spacial score (nSPS) is 11.4. The lowest BCUT2D eigenvalue weighted by atomic mass is 9.96. The number of hydrogen-bond acceptors (Lipinski definition) is 3. The van der Waals surface area contributed by atoms with Crippen LogP contribution in [0.1, 0.15) is 18.1 Å². The maximum Gasteiger partial charge on any atom is 0.128 e. The van der Waals surface area contributed by atoms with E-state index in [0.29, 0.717) is 22.0 Å². The van der Waals surface area contributed by atoms with Crippen LogP contribution in [0.4, 0.5) is 5.69 Å². The number of halogens is 1. The second kappa shape index (κ2) is 5.88. The molecule has 3 N–H and O–H groups in total. The third-order valence-electron chi connectivity index (χ3n) is 3.05. The Hall–Kier alpha value is -2.13. The summed E-state index contributed by atoms with van der Waals surface area (Å²) in [5, 5.41) is 10.7. The second-order valence-electron chi connectivity index (χ2n) is 4.32. The molecule has 0 radical (unpaired) electrons. The van der Waals surface area contributed by atoms with Gasteiger partial charge in [-0.1, -0.05) is 17.7 Å². The molecule has 104 valence electrons. The third-order valence-corrected chi connectivity index (χ3v) is 3.29. The van der Waals surface area contributed by atoms with Crippen molar-refractivity contribution in [2.75, 3.05) is 12.8 Å². The van der Waals surface area contributed by atoms with Crippen LogP contribution in [0.15, 0.2) is 42.5 Å². The van der Waals surface area contributed by atoms with E-state index in [0.717, 1.165) is 11.1 Å². The summed E-state index contributed by atoms with van der Waals surface area (Å²) in [5.74, 6) is 0.789. The maximum absolute atomic E-state index is 10.1. The Bertz CT molecular complexity index is 666. The summed E-state index contributed by atoms with van der Waals surface area (Å²) < 4.78 is 5.36. The first-order valence-electron chi connectivity index (χ1n) is 6.16. The summed E-state index contributed by atoms with van der Waals surface area (Å²) >= 11 is 5.98. The van der Waals surface area contributed by atoms with E-state index in [9.17, 15) is 5.11 Å². The van der Waals surface area contributed by atoms with E-state index >= 15 is 0 Å². The standard InChI is InChI=1S/C16H16ClNO2/c1-3-12(13-7-5-11(18)9-15(13)19)14-6-4-10(17)8-16(14)20-2/h3-9,19H,18H2,1-2H3/b12-3+. The molecule has 0 spiro atoms. The van der Waals surface area contributed by atoms with Crippen LogP contribution in [0.25, 0.3) is 5.57 Å². The van der Waals surface area contributed by atoms with Crippen LogP contribution in [-0.2, 0) is 0 Å². The molecule has 2 aromatic carbocycles. The zero-order valence-corrected chi connectivity index (χ0v) is 12.1. The minimum Gasteiger partial charge on any atom is -0.507 e. The van der Waals surface area contributed by atoms with Gasteiger partial charge in [0, 0.05) is 27.9 Å². The molecule has 0 aromatic heterocycles. The fourth-order valence-corrected chi connectivity index (χ4v) is 2.28. The molecule has 20 heavy (non-hydrogen) atoms. The number of rotatable bonds is 3. The summed E-state index contributed by atoms with van der Waals surface area (Å²) in [6.45, 7) is 1.90. The Kier molecular flexibility index (Phi) is 4.20. The van der Waals surface area contributed by atoms with Gasteiger partial charge >= 0.3 is 0 Å². The lowest BCUT2D eigenvalue weighted by Crippen LogP contribution is -1.95. The van der Waals surface area contributed by atoms with Crippen LogP contribution < -0.4 is 10.5 Å². The summed E-state index contributed by atoms with van der Waals surface area (Å²) in [7, 11) is 1.59. The van der Waals surface area contributed by atoms with E-state index in [1.807, 2.05) is 19.1 Å². The van der Waals surface area contributed by atoms with Crippen LogP contribution in [0, 0.1) is 0 Å². The average molecular weight is 290 g/mol. The highest BCUT2D eigenvalue weighted by Gasteiger charge is 2.14. The van der Waals surface area contributed by atoms with Gasteiger partial charge in [0.05, 0.1) is 7.11 Å². The minimum atomic E-state index is 0.134. The molecule has 0 fully saturated rings. The quantitative estimate of drug-likeness (QED) is 0.837. The van der Waals surface area contributed by atoms with E-state index in [-0.39, 0.29) is 5.75 Å². The number of allylic oxidation sites excluding steroid dienone is 1. The summed E-state index contributed by atoms with van der Waals surface area (Å²) in [4.78, 5) is 0. The van der Waals surface area contributed by atoms with Crippen LogP contribution in [-0.4, -0.2) is 12.2 Å². The molecule has 0 saturated carbocycles. The predicted octanol–water partition coefficient (Wildman–Crippen LogP) is 4.09. The topological polar surface area (TPSA) is 55.5 Å². The number of benzene rings is 2. The highest BCUT2D eigenvalue weighted by Crippen LogP contribution is 2.37. The predicted molar refractivity (Wildman–Crippen MR) is 83.3 cm³/mol. The first-order chi connectivity index (χ1) is 9.56. The number of phenolic OH excluding ortho intramolecular Hbond substituents is 1. The zero-order valence-electron chi connectivity index (χ0n) is 11.4. The van der Waals surface area contributed by atoms with Gasteiger partial charge in [0.1, 0.15) is 11.5 Å². The minimum absolute atomic E-state index is 0.134. The van der Waals surface area contributed by atoms with E-state index in [4.69, 9.17) is 22.1 Å². The van der Waals surface area contributed by atoms with Crippen molar-refractivity contribution in [3.8, 4) is 11.5 Å². The van der Waals surface area contributed by atoms with Gasteiger partial charge in [-0.15, -0.1) is 0 Å². The average Bonchev–Trinajstić information content (AvgIpc) is 2.43. The van der Waals surface area contributed by atoms with Gasteiger partial charge in [-0.05, 0) is 42.8 Å². The van der Waals surface area contributed by atoms with Crippen molar-refractivity contribution in [2.24, 2.45) is 0 Å². The number of phenols is 1. The van der Waals surface area contributed by atoms with Crippen molar-refractivity contribution >= 4 is 22.9 Å². The number of nitrogens with two attached hydrogens (primary N) is 1. The van der Waals surface area contributed by atoms with Gasteiger partial charge in [0.15, 0.2) is 0 Å². The molecule has 2 rings (SSSR count). The molecular formula is C16H16ClNO2. The molecule has 0 saturated heterocycles. The van der Waals surface area contributed by atoms with Crippen LogP contribution >= 0.6 is 11.6 Å². The van der Waals surface area contributed by atoms with E-state index in [1.165, 1.54) is 6.07 Å². The molecule has 0 heterocycles. The Morgan fingerprint density at radius 3 is 2.50 bits per heavy atom. The molecule has 0 aliphatic heterocycles. The van der Waals surface area contributed by atoms with Gasteiger partial charge in [0.25, 0.3) is 0 Å². The number of hydrogen-bond donors (Lipinski definition) is 2. The highest BCUT2D eigenvalue weighted by molar-refractivity contribution is 6.30. The number of nitrogen functional groups attached to an aromatic ring is 1. The summed E-state index contributed by atoms with van der Waals surface area (Å²) in [6, 6.07) is 10.5. The van der Waals surface area contributed by atoms with E-state index in [1.54, 1.807) is 31.4 Å². The van der Waals surface area contributed by atoms with Crippen molar-refractivity contribution < 1.29 is 9.84 Å². The Morgan fingerprint density at radius 2 is 1.90 bits per heavy atom. The lowest BCUT2D eigenvalue weighted by molar-refractivity contribution is 0.413. The number of ether oxygens (including phenoxy) is 1. The van der Waals surface area contributed by atoms with E-state index < -0.39 is 0 Å². The van der Waals surface area contributed by atoms with Gasteiger partial charge in [-0.3, -0.25) is 0 Å². The molecule has 0 amide bonds. The molecule has 0 aliphatic rings. The van der Waals surface area contributed by atoms with Crippen molar-refractivity contribution in [3.05, 3.63) is 58.6 Å². The van der Waals surface area contributed by atoms with Gasteiger partial charge in [-0.2, -0.15) is 0 Å². The summed E-state index contributed by atoms with van der Waals surface area (Å²) in [5.41, 5.74) is 8.60. The number of anilines is 1. The second-order valence-corrected chi connectivity index (χ2v) is 4.76. The smallest absolute Gasteiger partial charge is 0.128 e. The van der Waals surface area contributed by atoms with Gasteiger partial charge in [0.2, 0.25) is 0 Å². The molecule has 0 bridgehead atoms. The first kappa shape index (κ1) is 14.3. The fourth-order valence-electron chi connectivity index (χ4n) is 2.12. The lowest BCUT2D eigenvalue weighted by Gasteiger charge is -2.14. The molecule has 4 heteroatoms. The molecular weight excluding hydrogens is 274 g/mol. The zero-order chi connectivity index (χ0) is 14.7. The number of aromatic hydroxyl groups is 1. The Balaban J connectivity index is 2.59. The Labute approximate surface area is 123 Å². The fraction of sp³-hybridized carbons (Fsp3) is 0.125. The monoisotopic (exact) mass is 289 g/mol. The third kappa shape index (κ3) is 2.73. The van der Waals surface area contributed by atoms with Crippen LogP contribution in [0.2, 0.25) is 5.02 Å². The van der Waals surface area contributed by atoms with Crippen LogP contribution in [0.3, 0.4) is 0 Å². The molecule has 2 aromatic rings. The molecule has 0 aliphatic carbocycles. The summed E-state index contributed by atoms with van der Waals surface area (Å²) in [6.07, 6.45) is 1.91. The molecule has 0 unspecified atom stereocenters. The maximum atomic E-state index is 10.1. The van der Waals surface area contributed by atoms with Gasteiger partial charge in [-0.25, -0.2) is 0 Å². The highest BCUT2D eigenvalue weighted by atomic mass is 35.5. The molecule has 3 nitrogen and oxygen atoms in total. The SMILES string of the molecule is C/C=C(\c1ccc(N)cc1O)c1ccc(Cl)cc1OC. The van der Waals surface area contributed by atoms with E-state index in [2.05, 4.69) is 0 Å². The Morgan fingerprint density at radius 1 is 1.20 bits per heavy atom. The van der Waals surface area contributed by atoms with Gasteiger partial charge < -0.3 is 15.6 Å². The van der Waals surface area contributed by atoms with Crippen LogP contribution in [0.5, 0.6) is 11.5 Å². The number of methoxy groups -OCH3 is 1. The van der Waals surface area contributed by atoms with Crippen molar-refractivity contribution in [2.45, 2.75) is 6.92 Å². The van der Waals surface area contributed by atoms with Crippen molar-refractivity contribution in [1.82, 2.24) is 0 Å².